The first-order chi connectivity index (χ1) is 25.1. The van der Waals surface area contributed by atoms with Crippen LogP contribution in [0.2, 0.25) is 5.02 Å². The van der Waals surface area contributed by atoms with Crippen LogP contribution >= 0.6 is 11.6 Å². The Bertz CT molecular complexity index is 1740. The zero-order chi connectivity index (χ0) is 37.2. The van der Waals surface area contributed by atoms with Crippen molar-refractivity contribution in [3.8, 4) is 11.5 Å². The molecule has 13 heteroatoms. The molecule has 0 bridgehead atoms. The molecule has 0 aliphatic carbocycles. The van der Waals surface area contributed by atoms with Crippen LogP contribution in [0.4, 0.5) is 11.4 Å². The van der Waals surface area contributed by atoms with E-state index in [0.717, 1.165) is 37.6 Å². The highest BCUT2D eigenvalue weighted by Crippen LogP contribution is 2.23. The van der Waals surface area contributed by atoms with Gasteiger partial charge in [-0.25, -0.2) is 13.4 Å². The molecule has 3 N–H and O–H groups in total. The lowest BCUT2D eigenvalue weighted by Crippen LogP contribution is -2.33. The molecule has 11 nitrogen and oxygen atoms in total. The van der Waals surface area contributed by atoms with Gasteiger partial charge in [-0.3, -0.25) is 14.6 Å². The summed E-state index contributed by atoms with van der Waals surface area (Å²) >= 11 is 6.26. The molecule has 1 amide bonds. The summed E-state index contributed by atoms with van der Waals surface area (Å²) < 4.78 is 39.3. The number of aromatic nitrogens is 4. The van der Waals surface area contributed by atoms with Gasteiger partial charge in [-0.2, -0.15) is 4.63 Å². The first-order valence-corrected chi connectivity index (χ1v) is 21.3. The molecule has 286 valence electrons. The SMILES string of the molecule is CCCCCCCCCCCCCCCCC(Oc1ccc(NS(C)(=O)=O)cc1)C(=O)Nc1ccc(OCCCc2nc3c(Cl)c(C)[nH]n3n2)cc1. The van der Waals surface area contributed by atoms with E-state index in [2.05, 4.69) is 32.1 Å². The molecular weight excluding hydrogens is 700 g/mol. The number of unbranched alkanes of at least 4 members (excludes halogenated alkanes) is 13. The second kappa shape index (κ2) is 21.7. The average molecular weight is 757 g/mol. The van der Waals surface area contributed by atoms with E-state index < -0.39 is 16.1 Å². The van der Waals surface area contributed by atoms with Gasteiger partial charge in [0.1, 0.15) is 16.5 Å². The first kappa shape index (κ1) is 41.0. The summed E-state index contributed by atoms with van der Waals surface area (Å²) in [5.41, 5.74) is 2.53. The van der Waals surface area contributed by atoms with Gasteiger partial charge in [0.05, 0.1) is 18.6 Å². The van der Waals surface area contributed by atoms with E-state index in [4.69, 9.17) is 21.1 Å². The number of aryl methyl sites for hydroxylation is 2. The monoisotopic (exact) mass is 756 g/mol. The molecule has 1 unspecified atom stereocenters. The molecule has 0 radical (unpaired) electrons. The minimum absolute atomic E-state index is 0.235. The first-order valence-electron chi connectivity index (χ1n) is 19.0. The topological polar surface area (TPSA) is 140 Å². The third-order valence-electron chi connectivity index (χ3n) is 8.93. The van der Waals surface area contributed by atoms with Crippen LogP contribution in [-0.4, -0.2) is 53.1 Å². The van der Waals surface area contributed by atoms with E-state index >= 15 is 0 Å². The number of anilines is 2. The summed E-state index contributed by atoms with van der Waals surface area (Å²) in [6.45, 7) is 4.62. The molecule has 52 heavy (non-hydrogen) atoms. The number of halogens is 1. The predicted octanol–water partition coefficient (Wildman–Crippen LogP) is 9.66. The Balaban J connectivity index is 1.20. The predicted molar refractivity (Wildman–Crippen MR) is 210 cm³/mol. The number of carbonyl (C=O) groups excluding carboxylic acids is 1. The molecule has 0 saturated carbocycles. The fourth-order valence-electron chi connectivity index (χ4n) is 6.08. The molecule has 0 aliphatic rings. The summed E-state index contributed by atoms with van der Waals surface area (Å²) in [5.74, 6) is 1.65. The molecule has 0 saturated heterocycles. The Kier molecular flexibility index (Phi) is 17.1. The number of nitrogens with one attached hydrogen (secondary N) is 3. The standard InChI is InChI=1S/C39H57ClN6O5S/c1-4-5-6-7-8-9-10-11-12-13-14-15-16-17-19-35(51-34-27-23-32(24-28-34)45-52(3,48)49)39(47)41-31-21-25-33(26-22-31)50-29-18-20-36-42-38-37(40)30(2)43-46(38)44-36/h21-28,35,43,45H,4-20,29H2,1-3H3,(H,41,47). The maximum absolute atomic E-state index is 13.5. The molecule has 2 heterocycles. The zero-order valence-electron chi connectivity index (χ0n) is 31.1. The number of hydrogen-bond donors (Lipinski definition) is 3. The quantitative estimate of drug-likeness (QED) is 0.0542. The van der Waals surface area contributed by atoms with Gasteiger partial charge in [0.2, 0.25) is 10.0 Å². The summed E-state index contributed by atoms with van der Waals surface area (Å²) in [7, 11) is -3.39. The number of H-pyrrole nitrogens is 1. The number of nitrogens with zero attached hydrogens (tertiary/aromatic N) is 3. The number of hydrogen-bond acceptors (Lipinski definition) is 7. The fraction of sp³-hybridized carbons (Fsp3) is 0.564. The Hall–Kier alpha value is -3.77. The van der Waals surface area contributed by atoms with Crippen LogP contribution in [-0.2, 0) is 21.2 Å². The van der Waals surface area contributed by atoms with Crippen LogP contribution < -0.4 is 19.5 Å². The van der Waals surface area contributed by atoms with Crippen molar-refractivity contribution < 1.29 is 22.7 Å². The third-order valence-corrected chi connectivity index (χ3v) is 9.99. The molecule has 0 spiro atoms. The van der Waals surface area contributed by atoms with E-state index in [1.165, 1.54) is 70.6 Å². The van der Waals surface area contributed by atoms with Gasteiger partial charge in [-0.1, -0.05) is 102 Å². The van der Waals surface area contributed by atoms with Crippen molar-refractivity contribution in [2.24, 2.45) is 0 Å². The normalized spacial score (nSPS) is 12.2. The number of ether oxygens (including phenoxy) is 2. The second-order valence-electron chi connectivity index (χ2n) is 13.7. The minimum Gasteiger partial charge on any atom is -0.494 e. The van der Waals surface area contributed by atoms with E-state index in [1.807, 2.05) is 31.2 Å². The molecule has 2 aromatic heterocycles. The van der Waals surface area contributed by atoms with Gasteiger partial charge in [-0.05, 0) is 74.7 Å². The van der Waals surface area contributed by atoms with Gasteiger partial charge in [0.25, 0.3) is 5.91 Å². The Morgan fingerprint density at radius 3 is 1.96 bits per heavy atom. The molecule has 0 aliphatic heterocycles. The van der Waals surface area contributed by atoms with Crippen molar-refractivity contribution in [2.45, 2.75) is 129 Å². The highest BCUT2D eigenvalue weighted by Gasteiger charge is 2.21. The minimum atomic E-state index is -3.39. The zero-order valence-corrected chi connectivity index (χ0v) is 32.7. The lowest BCUT2D eigenvalue weighted by Gasteiger charge is -2.19. The van der Waals surface area contributed by atoms with Crippen molar-refractivity contribution >= 4 is 44.6 Å². The third kappa shape index (κ3) is 14.7. The Morgan fingerprint density at radius 2 is 1.38 bits per heavy atom. The Morgan fingerprint density at radius 1 is 0.827 bits per heavy atom. The van der Waals surface area contributed by atoms with E-state index in [1.54, 1.807) is 28.9 Å². The van der Waals surface area contributed by atoms with Crippen molar-refractivity contribution in [2.75, 3.05) is 22.9 Å². The fourth-order valence-corrected chi connectivity index (χ4v) is 6.81. The van der Waals surface area contributed by atoms with Crippen molar-refractivity contribution in [3.05, 3.63) is 65.1 Å². The number of amides is 1. The number of rotatable bonds is 26. The number of aromatic amines is 1. The summed E-state index contributed by atoms with van der Waals surface area (Å²) in [6, 6.07) is 13.9. The maximum Gasteiger partial charge on any atom is 0.265 e. The lowest BCUT2D eigenvalue weighted by atomic mass is 10.0. The number of fused-ring (bicyclic) bond motifs is 1. The number of benzene rings is 2. The van der Waals surface area contributed by atoms with Crippen molar-refractivity contribution in [1.29, 1.82) is 0 Å². The van der Waals surface area contributed by atoms with Crippen molar-refractivity contribution in [1.82, 2.24) is 19.8 Å². The number of sulfonamides is 1. The average Bonchev–Trinajstić information content (AvgIpc) is 3.63. The highest BCUT2D eigenvalue weighted by molar-refractivity contribution is 7.92. The van der Waals surface area contributed by atoms with Crippen LogP contribution in [0, 0.1) is 6.92 Å². The number of carbonyl (C=O) groups is 1. The van der Waals surface area contributed by atoms with Gasteiger partial charge < -0.3 is 14.8 Å². The van der Waals surface area contributed by atoms with Crippen LogP contribution in [0.15, 0.2) is 48.5 Å². The van der Waals surface area contributed by atoms with Crippen LogP contribution in [0.5, 0.6) is 11.5 Å². The molecule has 4 aromatic rings. The van der Waals surface area contributed by atoms with Crippen LogP contribution in [0.3, 0.4) is 0 Å². The van der Waals surface area contributed by atoms with E-state index in [9.17, 15) is 13.2 Å². The van der Waals surface area contributed by atoms with E-state index in [0.29, 0.717) is 58.8 Å². The lowest BCUT2D eigenvalue weighted by molar-refractivity contribution is -0.123. The van der Waals surface area contributed by atoms with Gasteiger partial charge in [-0.15, -0.1) is 5.10 Å². The van der Waals surface area contributed by atoms with E-state index in [-0.39, 0.29) is 5.91 Å². The summed E-state index contributed by atoms with van der Waals surface area (Å²) in [4.78, 5) is 18.0. The molecular formula is C39H57ClN6O5S. The molecule has 0 fully saturated rings. The molecule has 4 rings (SSSR count). The maximum atomic E-state index is 13.5. The molecule has 2 aromatic carbocycles. The largest absolute Gasteiger partial charge is 0.494 e. The van der Waals surface area contributed by atoms with Crippen LogP contribution in [0.1, 0.15) is 121 Å². The highest BCUT2D eigenvalue weighted by atomic mass is 35.5. The van der Waals surface area contributed by atoms with Crippen LogP contribution in [0.25, 0.3) is 5.65 Å². The van der Waals surface area contributed by atoms with Gasteiger partial charge >= 0.3 is 0 Å². The summed E-state index contributed by atoms with van der Waals surface area (Å²) in [6.07, 6.45) is 20.0. The second-order valence-corrected chi connectivity index (χ2v) is 15.8. The van der Waals surface area contributed by atoms with Crippen molar-refractivity contribution in [3.63, 3.8) is 0 Å². The Labute approximate surface area is 314 Å². The molecule has 1 atom stereocenters. The van der Waals surface area contributed by atoms with Gasteiger partial charge in [0, 0.05) is 17.8 Å². The van der Waals surface area contributed by atoms with Gasteiger partial charge in [0.15, 0.2) is 17.6 Å². The smallest absolute Gasteiger partial charge is 0.265 e. The summed E-state index contributed by atoms with van der Waals surface area (Å²) in [5, 5.41) is 11.1.